The molecule has 7 heteroatoms. The molecule has 3 aromatic rings. The predicted molar refractivity (Wildman–Crippen MR) is 94.9 cm³/mol. The summed E-state index contributed by atoms with van der Waals surface area (Å²) >= 11 is 5.84. The van der Waals surface area contributed by atoms with E-state index in [4.69, 9.17) is 16.9 Å². The second-order valence-corrected chi connectivity index (χ2v) is 5.81. The van der Waals surface area contributed by atoms with Gasteiger partial charge in [0.05, 0.1) is 11.3 Å². The van der Waals surface area contributed by atoms with Gasteiger partial charge >= 0.3 is 0 Å². The molecule has 1 amide bonds. The number of carbonyl (C=O) groups excluding carboxylic acids is 1. The number of anilines is 1. The number of aryl methyl sites for hydroxylation is 1. The Labute approximate surface area is 149 Å². The van der Waals surface area contributed by atoms with E-state index in [9.17, 15) is 4.79 Å². The third kappa shape index (κ3) is 4.22. The molecule has 2 N–H and O–H groups in total. The van der Waals surface area contributed by atoms with E-state index >= 15 is 0 Å². The van der Waals surface area contributed by atoms with Gasteiger partial charge in [-0.1, -0.05) is 23.7 Å². The summed E-state index contributed by atoms with van der Waals surface area (Å²) in [6.45, 7) is 0. The number of halogens is 1. The first kappa shape index (κ1) is 16.7. The predicted octanol–water partition coefficient (Wildman–Crippen LogP) is 3.57. The summed E-state index contributed by atoms with van der Waals surface area (Å²) in [4.78, 5) is 16.0. The van der Waals surface area contributed by atoms with Gasteiger partial charge in [0.25, 0.3) is 0 Å². The van der Waals surface area contributed by atoms with Crippen molar-refractivity contribution in [2.75, 3.05) is 5.32 Å². The van der Waals surface area contributed by atoms with Crippen LogP contribution in [0, 0.1) is 11.3 Å². The lowest BCUT2D eigenvalue weighted by atomic mass is 10.1. The molecular weight excluding hydrogens is 338 g/mol. The zero-order valence-corrected chi connectivity index (χ0v) is 13.9. The minimum Gasteiger partial charge on any atom is -0.309 e. The summed E-state index contributed by atoms with van der Waals surface area (Å²) in [6, 6.07) is 12.9. The molecule has 0 bridgehead atoms. The fourth-order valence-corrected chi connectivity index (χ4v) is 2.48. The molecule has 0 saturated heterocycles. The van der Waals surface area contributed by atoms with Gasteiger partial charge in [-0.2, -0.15) is 10.4 Å². The van der Waals surface area contributed by atoms with E-state index in [1.54, 1.807) is 30.5 Å². The van der Waals surface area contributed by atoms with Crippen molar-refractivity contribution in [3.8, 4) is 17.3 Å². The molecule has 0 aliphatic rings. The zero-order chi connectivity index (χ0) is 17.6. The minimum atomic E-state index is -0.136. The maximum Gasteiger partial charge on any atom is 0.225 e. The first-order chi connectivity index (χ1) is 12.2. The van der Waals surface area contributed by atoms with Crippen LogP contribution in [-0.4, -0.2) is 21.1 Å². The molecule has 3 rings (SSSR count). The van der Waals surface area contributed by atoms with Gasteiger partial charge in [0.2, 0.25) is 5.91 Å². The average Bonchev–Trinajstić information content (AvgIpc) is 3.09. The number of rotatable bonds is 5. The van der Waals surface area contributed by atoms with Crippen LogP contribution < -0.4 is 5.32 Å². The van der Waals surface area contributed by atoms with E-state index < -0.39 is 0 Å². The summed E-state index contributed by atoms with van der Waals surface area (Å²) in [7, 11) is 0. The Balaban J connectivity index is 1.62. The highest BCUT2D eigenvalue weighted by atomic mass is 35.5. The Bertz CT molecular complexity index is 927. The number of hydrogen-bond donors (Lipinski definition) is 2. The van der Waals surface area contributed by atoms with Crippen molar-refractivity contribution in [1.29, 1.82) is 5.26 Å². The van der Waals surface area contributed by atoms with Crippen LogP contribution in [0.5, 0.6) is 0 Å². The molecule has 0 spiro atoms. The van der Waals surface area contributed by atoms with Crippen molar-refractivity contribution in [1.82, 2.24) is 15.2 Å². The molecule has 1 aromatic carbocycles. The molecule has 0 aliphatic heterocycles. The molecule has 2 aromatic heterocycles. The van der Waals surface area contributed by atoms with Gasteiger partial charge in [0.1, 0.15) is 6.07 Å². The van der Waals surface area contributed by atoms with Gasteiger partial charge in [-0.05, 0) is 30.2 Å². The van der Waals surface area contributed by atoms with Crippen LogP contribution in [0.2, 0.25) is 5.02 Å². The van der Waals surface area contributed by atoms with Gasteiger partial charge in [0, 0.05) is 35.5 Å². The van der Waals surface area contributed by atoms with Crippen LogP contribution in [0.3, 0.4) is 0 Å². The third-order valence-corrected chi connectivity index (χ3v) is 3.88. The number of pyridine rings is 1. The fraction of sp³-hybridized carbons (Fsp3) is 0.111. The van der Waals surface area contributed by atoms with Crippen LogP contribution >= 0.6 is 11.6 Å². The van der Waals surface area contributed by atoms with Crippen molar-refractivity contribution in [3.05, 3.63) is 64.9 Å². The maximum atomic E-state index is 12.1. The molecule has 6 nitrogen and oxygen atoms in total. The number of benzene rings is 1. The van der Waals surface area contributed by atoms with Gasteiger partial charge < -0.3 is 5.32 Å². The van der Waals surface area contributed by atoms with Crippen molar-refractivity contribution < 1.29 is 4.79 Å². The van der Waals surface area contributed by atoms with Gasteiger partial charge in [-0.3, -0.25) is 14.9 Å². The summed E-state index contributed by atoms with van der Waals surface area (Å²) in [5.41, 5.74) is 2.81. The quantitative estimate of drug-likeness (QED) is 0.734. The molecule has 2 heterocycles. The Morgan fingerprint density at radius 1 is 1.28 bits per heavy atom. The SMILES string of the molecule is N#Cc1cnccc1-c1cc(NC(=O)CCc2ccc(Cl)cc2)n[nH]1. The smallest absolute Gasteiger partial charge is 0.225 e. The normalized spacial score (nSPS) is 10.2. The molecule has 0 radical (unpaired) electrons. The minimum absolute atomic E-state index is 0.136. The van der Waals surface area contributed by atoms with Crippen molar-refractivity contribution in [3.63, 3.8) is 0 Å². The number of aromatic amines is 1. The second kappa shape index (κ2) is 7.60. The van der Waals surface area contributed by atoms with Crippen LogP contribution in [0.15, 0.2) is 48.8 Å². The summed E-state index contributed by atoms with van der Waals surface area (Å²) in [6.07, 6.45) is 4.04. The van der Waals surface area contributed by atoms with Crippen molar-refractivity contribution >= 4 is 23.3 Å². The number of amides is 1. The maximum absolute atomic E-state index is 12.1. The molecule has 0 atom stereocenters. The Morgan fingerprint density at radius 3 is 2.84 bits per heavy atom. The summed E-state index contributed by atoms with van der Waals surface area (Å²) in [5, 5.41) is 19.4. The van der Waals surface area contributed by atoms with Gasteiger partial charge in [-0.15, -0.1) is 0 Å². The van der Waals surface area contributed by atoms with Crippen molar-refractivity contribution in [2.24, 2.45) is 0 Å². The third-order valence-electron chi connectivity index (χ3n) is 3.63. The van der Waals surface area contributed by atoms with Crippen LogP contribution in [0.1, 0.15) is 17.5 Å². The first-order valence-electron chi connectivity index (χ1n) is 7.60. The number of nitrogens with zero attached hydrogens (tertiary/aromatic N) is 3. The van der Waals surface area contributed by atoms with Crippen LogP contribution in [0.25, 0.3) is 11.3 Å². The number of nitrogens with one attached hydrogen (secondary N) is 2. The van der Waals surface area contributed by atoms with E-state index in [2.05, 4.69) is 26.6 Å². The number of carbonyl (C=O) groups is 1. The second-order valence-electron chi connectivity index (χ2n) is 5.37. The first-order valence-corrected chi connectivity index (χ1v) is 7.97. The Morgan fingerprint density at radius 2 is 2.08 bits per heavy atom. The number of hydrogen-bond acceptors (Lipinski definition) is 4. The topological polar surface area (TPSA) is 94.5 Å². The molecular formula is C18H14ClN5O. The fourth-order valence-electron chi connectivity index (χ4n) is 2.36. The monoisotopic (exact) mass is 351 g/mol. The molecule has 0 unspecified atom stereocenters. The Kier molecular flexibility index (Phi) is 5.07. The zero-order valence-electron chi connectivity index (χ0n) is 13.2. The summed E-state index contributed by atoms with van der Waals surface area (Å²) in [5.74, 6) is 0.278. The lowest BCUT2D eigenvalue weighted by molar-refractivity contribution is -0.116. The van der Waals surface area contributed by atoms with E-state index in [1.807, 2.05) is 12.1 Å². The van der Waals surface area contributed by atoms with Crippen LogP contribution in [0.4, 0.5) is 5.82 Å². The number of nitriles is 1. The molecule has 0 saturated carbocycles. The molecule has 124 valence electrons. The summed E-state index contributed by atoms with van der Waals surface area (Å²) < 4.78 is 0. The van der Waals surface area contributed by atoms with Gasteiger partial charge in [0.15, 0.2) is 5.82 Å². The highest BCUT2D eigenvalue weighted by Crippen LogP contribution is 2.22. The molecule has 0 aliphatic carbocycles. The van der Waals surface area contributed by atoms with E-state index in [0.717, 1.165) is 5.56 Å². The van der Waals surface area contributed by atoms with E-state index in [0.29, 0.717) is 40.5 Å². The average molecular weight is 352 g/mol. The largest absolute Gasteiger partial charge is 0.309 e. The van der Waals surface area contributed by atoms with Crippen molar-refractivity contribution in [2.45, 2.75) is 12.8 Å². The van der Waals surface area contributed by atoms with Crippen LogP contribution in [-0.2, 0) is 11.2 Å². The highest BCUT2D eigenvalue weighted by Gasteiger charge is 2.10. The lowest BCUT2D eigenvalue weighted by Crippen LogP contribution is -2.12. The Hall–Kier alpha value is -3.17. The van der Waals surface area contributed by atoms with Gasteiger partial charge in [-0.25, -0.2) is 0 Å². The van der Waals surface area contributed by atoms with E-state index in [1.165, 1.54) is 6.20 Å². The number of H-pyrrole nitrogens is 1. The molecule has 0 fully saturated rings. The molecule has 25 heavy (non-hydrogen) atoms. The number of aromatic nitrogens is 3. The lowest BCUT2D eigenvalue weighted by Gasteiger charge is -2.02. The standard InChI is InChI=1S/C18H14ClN5O/c19-14-4-1-12(2-5-14)3-6-18(25)22-17-9-16(23-24-17)15-7-8-21-11-13(15)10-20/h1-2,4-5,7-9,11H,3,6H2,(H2,22,23,24,25). The van der Waals surface area contributed by atoms with E-state index in [-0.39, 0.29) is 5.91 Å². The highest BCUT2D eigenvalue weighted by molar-refractivity contribution is 6.30.